The Morgan fingerprint density at radius 3 is 2.41 bits per heavy atom. The summed E-state index contributed by atoms with van der Waals surface area (Å²) < 4.78 is 43.6. The molecule has 1 fully saturated rings. The topological polar surface area (TPSA) is 32.8 Å². The molecule has 0 N–H and O–H groups in total. The van der Waals surface area contributed by atoms with Crippen LogP contribution in [0.2, 0.25) is 0 Å². The molecule has 0 atom stereocenters. The highest BCUT2D eigenvalue weighted by Crippen LogP contribution is 2.22. The van der Waals surface area contributed by atoms with E-state index in [1.807, 2.05) is 54.6 Å². The summed E-state index contributed by atoms with van der Waals surface area (Å²) in [6.07, 6.45) is -3.00. The van der Waals surface area contributed by atoms with Crippen LogP contribution in [0.3, 0.4) is 0 Å². The van der Waals surface area contributed by atoms with Crippen LogP contribution >= 0.6 is 0 Å². The van der Waals surface area contributed by atoms with Crippen LogP contribution in [0.25, 0.3) is 0 Å². The Hall–Kier alpha value is -2.54. The standard InChI is InChI=1S/C22H25F3N2O2/c23-22(24,25)17-26-11-6-12-27(14-13-26)21(28)16-29-20-10-5-4-9-19(20)15-18-7-2-1-3-8-18/h1-5,7-10H,6,11-17H2. The Bertz CT molecular complexity index is 796. The van der Waals surface area contributed by atoms with Crippen molar-refractivity contribution in [3.05, 3.63) is 65.7 Å². The zero-order valence-electron chi connectivity index (χ0n) is 16.2. The maximum Gasteiger partial charge on any atom is 0.401 e. The third kappa shape index (κ3) is 6.78. The van der Waals surface area contributed by atoms with E-state index < -0.39 is 12.7 Å². The number of carbonyl (C=O) groups is 1. The summed E-state index contributed by atoms with van der Waals surface area (Å²) in [6.45, 7) is 0.232. The molecule has 0 spiro atoms. The van der Waals surface area contributed by atoms with Crippen LogP contribution in [0, 0.1) is 0 Å². The summed E-state index contributed by atoms with van der Waals surface area (Å²) >= 11 is 0. The summed E-state index contributed by atoms with van der Waals surface area (Å²) in [6, 6.07) is 17.6. The van der Waals surface area contributed by atoms with Gasteiger partial charge in [-0.05, 0) is 23.6 Å². The molecule has 1 aliphatic heterocycles. The van der Waals surface area contributed by atoms with Crippen molar-refractivity contribution in [1.82, 2.24) is 9.80 Å². The maximum atomic E-state index is 12.6. The van der Waals surface area contributed by atoms with Crippen molar-refractivity contribution >= 4 is 5.91 Å². The molecule has 0 radical (unpaired) electrons. The van der Waals surface area contributed by atoms with E-state index in [2.05, 4.69) is 0 Å². The molecule has 3 rings (SSSR count). The van der Waals surface area contributed by atoms with Crippen molar-refractivity contribution in [3.8, 4) is 5.75 Å². The molecule has 0 saturated carbocycles. The fourth-order valence-electron chi connectivity index (χ4n) is 3.47. The highest BCUT2D eigenvalue weighted by molar-refractivity contribution is 5.77. The summed E-state index contributed by atoms with van der Waals surface area (Å²) in [7, 11) is 0. The first kappa shape index (κ1) is 21.2. The average Bonchev–Trinajstić information content (AvgIpc) is 2.92. The Kier molecular flexibility index (Phi) is 7.14. The molecule has 0 aromatic heterocycles. The van der Waals surface area contributed by atoms with E-state index in [0.717, 1.165) is 11.1 Å². The van der Waals surface area contributed by atoms with Gasteiger partial charge in [0.1, 0.15) is 5.75 Å². The maximum absolute atomic E-state index is 12.6. The summed E-state index contributed by atoms with van der Waals surface area (Å²) in [5.74, 6) is 0.451. The number of nitrogens with zero attached hydrogens (tertiary/aromatic N) is 2. The van der Waals surface area contributed by atoms with Crippen LogP contribution in [0.1, 0.15) is 17.5 Å². The number of rotatable bonds is 6. The van der Waals surface area contributed by atoms with Gasteiger partial charge in [-0.25, -0.2) is 0 Å². The monoisotopic (exact) mass is 406 g/mol. The van der Waals surface area contributed by atoms with Crippen LogP contribution < -0.4 is 4.74 Å². The average molecular weight is 406 g/mol. The molecule has 7 heteroatoms. The third-order valence-corrected chi connectivity index (χ3v) is 4.91. The first-order valence-electron chi connectivity index (χ1n) is 9.72. The van der Waals surface area contributed by atoms with Gasteiger partial charge in [-0.15, -0.1) is 0 Å². The van der Waals surface area contributed by atoms with Crippen LogP contribution in [-0.2, 0) is 11.2 Å². The smallest absolute Gasteiger partial charge is 0.401 e. The normalized spacial score (nSPS) is 15.8. The lowest BCUT2D eigenvalue weighted by Crippen LogP contribution is -2.40. The third-order valence-electron chi connectivity index (χ3n) is 4.91. The summed E-state index contributed by atoms with van der Waals surface area (Å²) in [5, 5.41) is 0. The largest absolute Gasteiger partial charge is 0.483 e. The molecule has 0 aliphatic carbocycles. The van der Waals surface area contributed by atoms with E-state index in [-0.39, 0.29) is 25.6 Å². The van der Waals surface area contributed by atoms with Crippen LogP contribution in [0.15, 0.2) is 54.6 Å². The van der Waals surface area contributed by atoms with Gasteiger partial charge < -0.3 is 9.64 Å². The Labute approximate surface area is 168 Å². The van der Waals surface area contributed by atoms with Gasteiger partial charge in [-0.2, -0.15) is 13.2 Å². The highest BCUT2D eigenvalue weighted by Gasteiger charge is 2.31. The van der Waals surface area contributed by atoms with Gasteiger partial charge in [0.25, 0.3) is 5.91 Å². The fourth-order valence-corrected chi connectivity index (χ4v) is 3.47. The number of halogens is 3. The molecule has 1 aliphatic rings. The minimum absolute atomic E-state index is 0.120. The van der Waals surface area contributed by atoms with Crippen molar-refractivity contribution in [1.29, 1.82) is 0 Å². The van der Waals surface area contributed by atoms with Crippen molar-refractivity contribution in [3.63, 3.8) is 0 Å². The number of carbonyl (C=O) groups excluding carboxylic acids is 1. The lowest BCUT2D eigenvalue weighted by molar-refractivity contribution is -0.145. The lowest BCUT2D eigenvalue weighted by Gasteiger charge is -2.23. The first-order valence-corrected chi connectivity index (χ1v) is 9.72. The number of amides is 1. The first-order chi connectivity index (χ1) is 13.9. The van der Waals surface area contributed by atoms with Gasteiger partial charge in [-0.3, -0.25) is 9.69 Å². The summed E-state index contributed by atoms with van der Waals surface area (Å²) in [5.41, 5.74) is 2.13. The number of alkyl halides is 3. The lowest BCUT2D eigenvalue weighted by atomic mass is 10.0. The predicted octanol–water partition coefficient (Wildman–Crippen LogP) is 3.75. The molecule has 1 amide bonds. The quantitative estimate of drug-likeness (QED) is 0.733. The van der Waals surface area contributed by atoms with Crippen molar-refractivity contribution < 1.29 is 22.7 Å². The number of hydrogen-bond donors (Lipinski definition) is 0. The van der Waals surface area contributed by atoms with Crippen molar-refractivity contribution in [2.24, 2.45) is 0 Å². The van der Waals surface area contributed by atoms with Gasteiger partial charge in [0.05, 0.1) is 6.54 Å². The molecule has 0 unspecified atom stereocenters. The molecule has 2 aromatic carbocycles. The molecule has 0 bridgehead atoms. The van der Waals surface area contributed by atoms with E-state index in [1.54, 1.807) is 4.90 Å². The Morgan fingerprint density at radius 2 is 1.66 bits per heavy atom. The SMILES string of the molecule is O=C(COc1ccccc1Cc1ccccc1)N1CCCN(CC(F)(F)F)CC1. The predicted molar refractivity (Wildman–Crippen MR) is 105 cm³/mol. The molecular formula is C22H25F3N2O2. The molecule has 1 heterocycles. The van der Waals surface area contributed by atoms with E-state index in [1.165, 1.54) is 4.90 Å². The van der Waals surface area contributed by atoms with E-state index >= 15 is 0 Å². The van der Waals surface area contributed by atoms with Gasteiger partial charge in [0.15, 0.2) is 6.61 Å². The second kappa shape index (κ2) is 9.78. The molecule has 2 aromatic rings. The number of para-hydroxylation sites is 1. The van der Waals surface area contributed by atoms with Crippen LogP contribution in [0.4, 0.5) is 13.2 Å². The molecule has 156 valence electrons. The Balaban J connectivity index is 1.54. The zero-order valence-corrected chi connectivity index (χ0v) is 16.2. The van der Waals surface area contributed by atoms with E-state index in [0.29, 0.717) is 31.7 Å². The van der Waals surface area contributed by atoms with Gasteiger partial charge in [-0.1, -0.05) is 48.5 Å². The minimum atomic E-state index is -4.22. The second-order valence-corrected chi connectivity index (χ2v) is 7.18. The molecular weight excluding hydrogens is 381 g/mol. The van der Waals surface area contributed by atoms with E-state index in [4.69, 9.17) is 4.74 Å². The van der Waals surface area contributed by atoms with Gasteiger partial charge >= 0.3 is 6.18 Å². The highest BCUT2D eigenvalue weighted by atomic mass is 19.4. The Morgan fingerprint density at radius 1 is 0.931 bits per heavy atom. The van der Waals surface area contributed by atoms with Crippen LogP contribution in [-0.4, -0.2) is 61.2 Å². The van der Waals surface area contributed by atoms with Crippen molar-refractivity contribution in [2.75, 3.05) is 39.3 Å². The van der Waals surface area contributed by atoms with Crippen molar-refractivity contribution in [2.45, 2.75) is 19.0 Å². The van der Waals surface area contributed by atoms with E-state index in [9.17, 15) is 18.0 Å². The second-order valence-electron chi connectivity index (χ2n) is 7.18. The number of hydrogen-bond acceptors (Lipinski definition) is 3. The molecule has 29 heavy (non-hydrogen) atoms. The molecule has 4 nitrogen and oxygen atoms in total. The van der Waals surface area contributed by atoms with Crippen LogP contribution in [0.5, 0.6) is 5.75 Å². The zero-order chi connectivity index (χ0) is 20.7. The number of ether oxygens (including phenoxy) is 1. The minimum Gasteiger partial charge on any atom is -0.483 e. The summed E-state index contributed by atoms with van der Waals surface area (Å²) in [4.78, 5) is 15.5. The fraction of sp³-hybridized carbons (Fsp3) is 0.409. The number of benzene rings is 2. The van der Waals surface area contributed by atoms with Gasteiger partial charge in [0.2, 0.25) is 0 Å². The molecule has 1 saturated heterocycles. The van der Waals surface area contributed by atoms with Gasteiger partial charge in [0, 0.05) is 32.6 Å².